The van der Waals surface area contributed by atoms with Gasteiger partial charge in [-0.05, 0) is 79.1 Å². The van der Waals surface area contributed by atoms with Gasteiger partial charge in [-0.1, -0.05) is 69.3 Å². The van der Waals surface area contributed by atoms with Crippen LogP contribution >= 0.6 is 0 Å². The second-order valence-electron chi connectivity index (χ2n) is 12.8. The van der Waals surface area contributed by atoms with Crippen molar-refractivity contribution in [1.82, 2.24) is 0 Å². The Hall–Kier alpha value is -4.38. The minimum absolute atomic E-state index is 0.0123. The summed E-state index contributed by atoms with van der Waals surface area (Å²) >= 11 is 0. The molecule has 2 aliphatic rings. The largest absolute Gasteiger partial charge is 0.460 e. The van der Waals surface area contributed by atoms with E-state index in [-0.39, 0.29) is 18.2 Å². The van der Waals surface area contributed by atoms with Crippen molar-refractivity contribution in [2.45, 2.75) is 65.8 Å². The van der Waals surface area contributed by atoms with Crippen LogP contribution in [0.4, 0.5) is 0 Å². The first-order chi connectivity index (χ1) is 19.9. The van der Waals surface area contributed by atoms with E-state index < -0.39 is 16.8 Å². The van der Waals surface area contributed by atoms with Crippen LogP contribution in [0.1, 0.15) is 75.9 Å². The Balaban J connectivity index is 1.46. The number of carbonyl (C=O) groups excluding carboxylic acids is 2. The third-order valence-electron chi connectivity index (χ3n) is 8.23. The van der Waals surface area contributed by atoms with Crippen molar-refractivity contribution in [1.29, 1.82) is 0 Å². The lowest BCUT2D eigenvalue weighted by atomic mass is 9.81. The van der Waals surface area contributed by atoms with Gasteiger partial charge >= 0.3 is 5.97 Å². The van der Waals surface area contributed by atoms with Crippen LogP contribution in [0.5, 0.6) is 11.5 Å². The quantitative estimate of drug-likeness (QED) is 0.180. The van der Waals surface area contributed by atoms with Gasteiger partial charge in [-0.25, -0.2) is 0 Å². The summed E-state index contributed by atoms with van der Waals surface area (Å²) in [6.07, 6.45) is 6.64. The van der Waals surface area contributed by atoms with Crippen LogP contribution in [-0.2, 0) is 9.53 Å². The molecular formula is C37H36O5. The van der Waals surface area contributed by atoms with Gasteiger partial charge in [0.05, 0.1) is 6.42 Å². The average molecular weight is 561 g/mol. The van der Waals surface area contributed by atoms with E-state index in [9.17, 15) is 9.59 Å². The summed E-state index contributed by atoms with van der Waals surface area (Å²) in [5.74, 6) is -0.243. The van der Waals surface area contributed by atoms with Crippen molar-refractivity contribution in [3.63, 3.8) is 0 Å². The van der Waals surface area contributed by atoms with Crippen molar-refractivity contribution in [2.24, 2.45) is 5.41 Å². The molecule has 42 heavy (non-hydrogen) atoms. The Labute approximate surface area is 246 Å². The second kappa shape index (κ2) is 9.87. The average Bonchev–Trinajstić information content (AvgIpc) is 2.95. The molecule has 6 rings (SSSR count). The number of benzene rings is 4. The van der Waals surface area contributed by atoms with E-state index >= 15 is 0 Å². The minimum Gasteiger partial charge on any atom is -0.460 e. The van der Waals surface area contributed by atoms with E-state index in [1.54, 1.807) is 0 Å². The van der Waals surface area contributed by atoms with Crippen molar-refractivity contribution in [2.75, 3.05) is 0 Å². The second-order valence-corrected chi connectivity index (χ2v) is 12.8. The molecular weight excluding hydrogens is 524 g/mol. The maximum atomic E-state index is 13.2. The topological polar surface area (TPSA) is 61.8 Å². The SMILES string of the molecule is CCC(C)(C)C(=O)c1ccc2c3c(ccc2c1)OC1(C=Cc2c(ccc4ccccc24)O1)C(CC(=O)OC(C)(C)C)=C3. The number of ether oxygens (including phenoxy) is 3. The number of Topliss-reactive ketones (excluding diaryl/α,β-unsaturated/α-hetero) is 1. The number of rotatable bonds is 5. The van der Waals surface area contributed by atoms with Gasteiger partial charge in [0.2, 0.25) is 0 Å². The first-order valence-corrected chi connectivity index (χ1v) is 14.5. The molecule has 0 saturated carbocycles. The molecule has 1 atom stereocenters. The van der Waals surface area contributed by atoms with E-state index in [0.717, 1.165) is 39.1 Å². The molecule has 2 heterocycles. The van der Waals surface area contributed by atoms with Gasteiger partial charge in [0.1, 0.15) is 17.1 Å². The van der Waals surface area contributed by atoms with Crippen LogP contribution in [0, 0.1) is 5.41 Å². The van der Waals surface area contributed by atoms with Crippen molar-refractivity contribution < 1.29 is 23.8 Å². The third kappa shape index (κ3) is 4.87. The van der Waals surface area contributed by atoms with E-state index in [0.29, 0.717) is 22.6 Å². The molecule has 5 nitrogen and oxygen atoms in total. The van der Waals surface area contributed by atoms with Gasteiger partial charge in [-0.15, -0.1) is 0 Å². The van der Waals surface area contributed by atoms with Gasteiger partial charge in [-0.2, -0.15) is 0 Å². The summed E-state index contributed by atoms with van der Waals surface area (Å²) in [7, 11) is 0. The highest BCUT2D eigenvalue weighted by Crippen LogP contribution is 2.46. The lowest BCUT2D eigenvalue weighted by Crippen LogP contribution is -2.46. The van der Waals surface area contributed by atoms with E-state index in [1.165, 1.54) is 0 Å². The molecule has 0 amide bonds. The Morgan fingerprint density at radius 3 is 2.19 bits per heavy atom. The fourth-order valence-electron chi connectivity index (χ4n) is 5.63. The molecule has 0 aliphatic carbocycles. The molecule has 1 unspecified atom stereocenters. The van der Waals surface area contributed by atoms with Crippen molar-refractivity contribution in [3.05, 3.63) is 95.1 Å². The molecule has 4 aromatic carbocycles. The van der Waals surface area contributed by atoms with Gasteiger partial charge in [0.25, 0.3) is 5.79 Å². The molecule has 1 spiro atoms. The molecule has 5 heteroatoms. The molecule has 0 fully saturated rings. The molecule has 0 aromatic heterocycles. The number of ketones is 1. The minimum atomic E-state index is -1.31. The first kappa shape index (κ1) is 27.8. The van der Waals surface area contributed by atoms with Gasteiger partial charge in [-0.3, -0.25) is 9.59 Å². The predicted molar refractivity (Wildman–Crippen MR) is 168 cm³/mol. The standard InChI is InChI=1S/C37H36O5/c1-7-36(5,6)34(39)25-12-15-28-24(20-25)14-17-32-30(28)21-26(22-33(38)42-35(2,3)4)37(41-32)19-18-29-27-11-9-8-10-23(27)13-16-31(29)40-37/h8-21H,7,22H2,1-6H3. The molecule has 4 aromatic rings. The Bertz CT molecular complexity index is 1820. The van der Waals surface area contributed by atoms with Crippen LogP contribution in [0.3, 0.4) is 0 Å². The summed E-state index contributed by atoms with van der Waals surface area (Å²) in [5, 5.41) is 4.06. The molecule has 0 saturated heterocycles. The van der Waals surface area contributed by atoms with Crippen molar-refractivity contribution in [3.8, 4) is 11.5 Å². The monoisotopic (exact) mass is 560 g/mol. The maximum absolute atomic E-state index is 13.2. The van der Waals surface area contributed by atoms with Gasteiger partial charge < -0.3 is 14.2 Å². The lowest BCUT2D eigenvalue weighted by molar-refractivity contribution is -0.155. The van der Waals surface area contributed by atoms with Crippen LogP contribution < -0.4 is 9.47 Å². The summed E-state index contributed by atoms with van der Waals surface area (Å²) in [5.41, 5.74) is 2.06. The van der Waals surface area contributed by atoms with E-state index in [1.807, 2.05) is 114 Å². The van der Waals surface area contributed by atoms with Crippen LogP contribution in [0.2, 0.25) is 0 Å². The highest BCUT2D eigenvalue weighted by Gasteiger charge is 2.44. The Kier molecular flexibility index (Phi) is 6.53. The number of hydrogen-bond donors (Lipinski definition) is 0. The normalized spacial score (nSPS) is 17.7. The number of hydrogen-bond acceptors (Lipinski definition) is 5. The summed E-state index contributed by atoms with van der Waals surface area (Å²) in [4.78, 5) is 26.3. The van der Waals surface area contributed by atoms with Gasteiger partial charge in [0, 0.05) is 33.8 Å². The number of fused-ring (bicyclic) bond motifs is 6. The maximum Gasteiger partial charge on any atom is 0.310 e. The van der Waals surface area contributed by atoms with E-state index in [2.05, 4.69) is 12.1 Å². The summed E-state index contributed by atoms with van der Waals surface area (Å²) in [6, 6.07) is 21.8. The van der Waals surface area contributed by atoms with E-state index in [4.69, 9.17) is 14.2 Å². The highest BCUT2D eigenvalue weighted by atomic mass is 16.7. The third-order valence-corrected chi connectivity index (χ3v) is 8.23. The van der Waals surface area contributed by atoms with Crippen molar-refractivity contribution >= 4 is 45.4 Å². The molecule has 2 aliphatic heterocycles. The summed E-state index contributed by atoms with van der Waals surface area (Å²) in [6.45, 7) is 11.5. The molecule has 214 valence electrons. The first-order valence-electron chi connectivity index (χ1n) is 14.5. The predicted octanol–water partition coefficient (Wildman–Crippen LogP) is 8.92. The number of esters is 1. The Morgan fingerprint density at radius 1 is 0.810 bits per heavy atom. The van der Waals surface area contributed by atoms with Crippen LogP contribution in [0.15, 0.2) is 78.4 Å². The molecule has 0 radical (unpaired) electrons. The molecule has 0 bridgehead atoms. The summed E-state index contributed by atoms with van der Waals surface area (Å²) < 4.78 is 19.0. The highest BCUT2D eigenvalue weighted by molar-refractivity contribution is 6.05. The fourth-order valence-corrected chi connectivity index (χ4v) is 5.63. The smallest absolute Gasteiger partial charge is 0.310 e. The fraction of sp³-hybridized carbons (Fsp3) is 0.297. The zero-order valence-electron chi connectivity index (χ0n) is 25.0. The zero-order valence-corrected chi connectivity index (χ0v) is 25.0. The lowest BCUT2D eigenvalue weighted by Gasteiger charge is -2.40. The molecule has 0 N–H and O–H groups in total. The Morgan fingerprint density at radius 2 is 1.48 bits per heavy atom. The van der Waals surface area contributed by atoms with Crippen LogP contribution in [0.25, 0.3) is 33.7 Å². The number of carbonyl (C=O) groups is 2. The van der Waals surface area contributed by atoms with Gasteiger partial charge in [0.15, 0.2) is 5.78 Å². The van der Waals surface area contributed by atoms with Crippen LogP contribution in [-0.4, -0.2) is 23.1 Å². The zero-order chi connectivity index (χ0) is 29.9.